The fraction of sp³-hybridized carbons (Fsp3) is 0.167. The molecule has 1 heterocycles. The standard InChI is InChI=1S/C18H15NO6/c1-24-12-8-6-11(7-9-12)14(10-19(22)23)16-17(20)13-4-2-3-5-15(13)25-18(16)21/h2-9,14,20H,10H2,1H3. The van der Waals surface area contributed by atoms with Crippen molar-refractivity contribution in [3.8, 4) is 11.5 Å². The molecular formula is C18H15NO6. The second-order valence-corrected chi connectivity index (χ2v) is 5.49. The minimum absolute atomic E-state index is 0.124. The van der Waals surface area contributed by atoms with Crippen molar-refractivity contribution in [2.45, 2.75) is 5.92 Å². The van der Waals surface area contributed by atoms with Crippen LogP contribution in [0.1, 0.15) is 17.0 Å². The highest BCUT2D eigenvalue weighted by Gasteiger charge is 2.28. The number of para-hydroxylation sites is 1. The smallest absolute Gasteiger partial charge is 0.344 e. The van der Waals surface area contributed by atoms with Gasteiger partial charge in [0.25, 0.3) is 0 Å². The minimum Gasteiger partial charge on any atom is -0.507 e. The molecule has 1 atom stereocenters. The summed E-state index contributed by atoms with van der Waals surface area (Å²) < 4.78 is 10.3. The van der Waals surface area contributed by atoms with Gasteiger partial charge in [-0.3, -0.25) is 10.1 Å². The van der Waals surface area contributed by atoms with Crippen LogP contribution in [0.4, 0.5) is 0 Å². The van der Waals surface area contributed by atoms with Gasteiger partial charge in [0.1, 0.15) is 17.1 Å². The largest absolute Gasteiger partial charge is 0.507 e. The molecule has 1 N–H and O–H groups in total. The molecule has 0 radical (unpaired) electrons. The Morgan fingerprint density at radius 3 is 2.52 bits per heavy atom. The summed E-state index contributed by atoms with van der Waals surface area (Å²) >= 11 is 0. The van der Waals surface area contributed by atoms with Crippen molar-refractivity contribution in [2.75, 3.05) is 13.7 Å². The van der Waals surface area contributed by atoms with Crippen molar-refractivity contribution in [3.63, 3.8) is 0 Å². The van der Waals surface area contributed by atoms with E-state index in [2.05, 4.69) is 0 Å². The Kier molecular flexibility index (Phi) is 4.38. The molecule has 1 unspecified atom stereocenters. The van der Waals surface area contributed by atoms with Gasteiger partial charge in [0.05, 0.1) is 24.0 Å². The number of rotatable bonds is 5. The summed E-state index contributed by atoms with van der Waals surface area (Å²) in [6.07, 6.45) is 0. The predicted molar refractivity (Wildman–Crippen MR) is 90.8 cm³/mol. The summed E-state index contributed by atoms with van der Waals surface area (Å²) in [6.45, 7) is -0.553. The van der Waals surface area contributed by atoms with E-state index in [1.807, 2.05) is 0 Å². The lowest BCUT2D eigenvalue weighted by Gasteiger charge is -2.15. The normalized spacial score (nSPS) is 12.0. The van der Waals surface area contributed by atoms with Crippen LogP contribution in [0.5, 0.6) is 11.5 Å². The maximum Gasteiger partial charge on any atom is 0.344 e. The first-order chi connectivity index (χ1) is 12.0. The van der Waals surface area contributed by atoms with E-state index in [0.29, 0.717) is 16.7 Å². The van der Waals surface area contributed by atoms with Crippen molar-refractivity contribution in [1.29, 1.82) is 0 Å². The van der Waals surface area contributed by atoms with Gasteiger partial charge in [0.15, 0.2) is 0 Å². The lowest BCUT2D eigenvalue weighted by molar-refractivity contribution is -0.481. The third kappa shape index (κ3) is 3.16. The molecule has 2 aromatic carbocycles. The van der Waals surface area contributed by atoms with E-state index < -0.39 is 23.0 Å². The fourth-order valence-electron chi connectivity index (χ4n) is 2.80. The third-order valence-electron chi connectivity index (χ3n) is 4.02. The summed E-state index contributed by atoms with van der Waals surface area (Å²) in [4.78, 5) is 23.0. The summed E-state index contributed by atoms with van der Waals surface area (Å²) in [5.41, 5.74) is -0.182. The van der Waals surface area contributed by atoms with Crippen LogP contribution in [-0.2, 0) is 0 Å². The molecule has 0 spiro atoms. The molecule has 0 amide bonds. The zero-order valence-electron chi connectivity index (χ0n) is 13.3. The average molecular weight is 341 g/mol. The maximum atomic E-state index is 12.4. The van der Waals surface area contributed by atoms with Gasteiger partial charge in [0.2, 0.25) is 6.54 Å². The van der Waals surface area contributed by atoms with Gasteiger partial charge in [-0.2, -0.15) is 0 Å². The average Bonchev–Trinajstić information content (AvgIpc) is 2.60. The van der Waals surface area contributed by atoms with Crippen LogP contribution in [0.25, 0.3) is 11.0 Å². The van der Waals surface area contributed by atoms with E-state index in [-0.39, 0.29) is 16.9 Å². The molecule has 3 rings (SSSR count). The minimum atomic E-state index is -0.943. The summed E-state index contributed by atoms with van der Waals surface area (Å²) in [5, 5.41) is 22.0. The number of methoxy groups -OCH3 is 1. The predicted octanol–water partition coefficient (Wildman–Crippen LogP) is 2.92. The van der Waals surface area contributed by atoms with Gasteiger partial charge in [-0.05, 0) is 29.8 Å². The number of nitrogens with zero attached hydrogens (tertiary/aromatic N) is 1. The first-order valence-corrected chi connectivity index (χ1v) is 7.51. The monoisotopic (exact) mass is 341 g/mol. The van der Waals surface area contributed by atoms with Gasteiger partial charge in [-0.15, -0.1) is 0 Å². The molecule has 0 aliphatic carbocycles. The molecule has 25 heavy (non-hydrogen) atoms. The molecule has 1 aromatic heterocycles. The molecule has 0 aliphatic heterocycles. The number of hydrogen-bond acceptors (Lipinski definition) is 6. The van der Waals surface area contributed by atoms with E-state index in [9.17, 15) is 20.0 Å². The maximum absolute atomic E-state index is 12.4. The van der Waals surface area contributed by atoms with E-state index in [1.165, 1.54) is 7.11 Å². The van der Waals surface area contributed by atoms with Crippen molar-refractivity contribution in [3.05, 3.63) is 80.2 Å². The van der Waals surface area contributed by atoms with Crippen LogP contribution in [0.15, 0.2) is 57.7 Å². The van der Waals surface area contributed by atoms with Gasteiger partial charge >= 0.3 is 5.63 Å². The van der Waals surface area contributed by atoms with Gasteiger partial charge < -0.3 is 14.3 Å². The first-order valence-electron chi connectivity index (χ1n) is 7.51. The first kappa shape index (κ1) is 16.5. The Morgan fingerprint density at radius 2 is 1.88 bits per heavy atom. The van der Waals surface area contributed by atoms with Gasteiger partial charge in [-0.25, -0.2) is 4.79 Å². The molecule has 0 aliphatic rings. The van der Waals surface area contributed by atoms with Crippen LogP contribution < -0.4 is 10.4 Å². The number of nitro groups is 1. The topological polar surface area (TPSA) is 103 Å². The highest BCUT2D eigenvalue weighted by molar-refractivity contribution is 5.84. The van der Waals surface area contributed by atoms with Crippen LogP contribution in [-0.4, -0.2) is 23.7 Å². The van der Waals surface area contributed by atoms with Crippen LogP contribution in [0.3, 0.4) is 0 Å². The summed E-state index contributed by atoms with van der Waals surface area (Å²) in [6, 6.07) is 13.0. The zero-order valence-corrected chi connectivity index (χ0v) is 13.3. The van der Waals surface area contributed by atoms with E-state index in [1.54, 1.807) is 48.5 Å². The quantitative estimate of drug-likeness (QED) is 0.435. The molecule has 7 nitrogen and oxygen atoms in total. The van der Waals surface area contributed by atoms with Crippen molar-refractivity contribution >= 4 is 11.0 Å². The Balaban J connectivity index is 2.20. The van der Waals surface area contributed by atoms with Crippen LogP contribution in [0, 0.1) is 10.1 Å². The van der Waals surface area contributed by atoms with Crippen molar-refractivity contribution in [2.24, 2.45) is 0 Å². The number of fused-ring (bicyclic) bond motifs is 1. The van der Waals surface area contributed by atoms with Gasteiger partial charge in [-0.1, -0.05) is 24.3 Å². The summed E-state index contributed by atoms with van der Waals surface area (Å²) in [7, 11) is 1.51. The SMILES string of the molecule is COc1ccc(C(C[N+](=O)[O-])c2c(O)c3ccccc3oc2=O)cc1. The van der Waals surface area contributed by atoms with E-state index in [0.717, 1.165) is 0 Å². The lowest BCUT2D eigenvalue weighted by atomic mass is 9.91. The molecule has 0 saturated heterocycles. The number of benzene rings is 2. The van der Waals surface area contributed by atoms with Crippen molar-refractivity contribution < 1.29 is 19.2 Å². The Hall–Kier alpha value is -3.35. The van der Waals surface area contributed by atoms with Crippen molar-refractivity contribution in [1.82, 2.24) is 0 Å². The Morgan fingerprint density at radius 1 is 1.20 bits per heavy atom. The molecular weight excluding hydrogens is 326 g/mol. The van der Waals surface area contributed by atoms with E-state index >= 15 is 0 Å². The van der Waals surface area contributed by atoms with Gasteiger partial charge in [0, 0.05) is 4.92 Å². The number of hydrogen-bond donors (Lipinski definition) is 1. The molecule has 128 valence electrons. The second kappa shape index (κ2) is 6.64. The highest BCUT2D eigenvalue weighted by Crippen LogP contribution is 2.34. The fourth-order valence-corrected chi connectivity index (χ4v) is 2.80. The van der Waals surface area contributed by atoms with E-state index in [4.69, 9.17) is 9.15 Å². The zero-order chi connectivity index (χ0) is 18.0. The second-order valence-electron chi connectivity index (χ2n) is 5.49. The molecule has 3 aromatic rings. The molecule has 0 fully saturated rings. The molecule has 0 saturated carbocycles. The summed E-state index contributed by atoms with van der Waals surface area (Å²) in [5.74, 6) is -0.658. The molecule has 7 heteroatoms. The Bertz CT molecular complexity index is 977. The number of ether oxygens (including phenoxy) is 1. The lowest BCUT2D eigenvalue weighted by Crippen LogP contribution is -2.21. The molecule has 0 bridgehead atoms. The Labute approximate surface area is 142 Å². The van der Waals surface area contributed by atoms with Crippen LogP contribution in [0.2, 0.25) is 0 Å². The highest BCUT2D eigenvalue weighted by atomic mass is 16.6. The third-order valence-corrected chi connectivity index (χ3v) is 4.02. The number of aromatic hydroxyl groups is 1. The van der Waals surface area contributed by atoms with Crippen LogP contribution >= 0.6 is 0 Å².